The molecular weight excluding hydrogens is 136 g/mol. The third kappa shape index (κ3) is 0.896. The lowest BCUT2D eigenvalue weighted by Crippen LogP contribution is -2.39. The summed E-state index contributed by atoms with van der Waals surface area (Å²) in [6.07, 6.45) is -0.781. The summed E-state index contributed by atoms with van der Waals surface area (Å²) in [6, 6.07) is 0. The average Bonchev–Trinajstić information content (AvgIpc) is 2.14. The van der Waals surface area contributed by atoms with E-state index in [-0.39, 0.29) is 12.5 Å². The van der Waals surface area contributed by atoms with E-state index in [2.05, 4.69) is 0 Å². The number of rotatable bonds is 0. The fraction of sp³-hybridized carbons (Fsp3) is 0.600. The molecule has 0 aliphatic carbocycles. The topological polar surface area (TPSA) is 60.9 Å². The second-order valence-corrected chi connectivity index (χ2v) is 2.07. The monoisotopic (exact) mass is 144 g/mol. The summed E-state index contributed by atoms with van der Waals surface area (Å²) in [7, 11) is 1.45. The molecule has 0 unspecified atom stereocenters. The maximum absolute atomic E-state index is 10.7. The molecule has 5 nitrogen and oxygen atoms in total. The largest absolute Gasteiger partial charge is 0.464 e. The summed E-state index contributed by atoms with van der Waals surface area (Å²) in [5.41, 5.74) is 0. The SMILES string of the molecule is CN1C(=O)CCN1C(=O)O. The van der Waals surface area contributed by atoms with Crippen LogP contribution in [-0.2, 0) is 4.79 Å². The van der Waals surface area contributed by atoms with Gasteiger partial charge in [-0.2, -0.15) is 0 Å². The van der Waals surface area contributed by atoms with E-state index in [4.69, 9.17) is 5.11 Å². The molecule has 0 atom stereocenters. The van der Waals surface area contributed by atoms with Gasteiger partial charge < -0.3 is 5.11 Å². The highest BCUT2D eigenvalue weighted by molar-refractivity contribution is 5.81. The second kappa shape index (κ2) is 2.17. The predicted molar refractivity (Wildman–Crippen MR) is 32.1 cm³/mol. The highest BCUT2D eigenvalue weighted by atomic mass is 16.4. The summed E-state index contributed by atoms with van der Waals surface area (Å²) >= 11 is 0. The predicted octanol–water partition coefficient (Wildman–Crippen LogP) is -0.256. The molecule has 5 heteroatoms. The van der Waals surface area contributed by atoms with Crippen LogP contribution in [0.5, 0.6) is 0 Å². The van der Waals surface area contributed by atoms with E-state index in [0.717, 1.165) is 10.0 Å². The number of carbonyl (C=O) groups is 2. The zero-order valence-corrected chi connectivity index (χ0v) is 5.57. The minimum Gasteiger partial charge on any atom is -0.464 e. The van der Waals surface area contributed by atoms with Crippen LogP contribution in [0.2, 0.25) is 0 Å². The van der Waals surface area contributed by atoms with Gasteiger partial charge in [-0.25, -0.2) is 9.80 Å². The molecule has 0 spiro atoms. The summed E-state index contributed by atoms with van der Waals surface area (Å²) in [5, 5.41) is 10.5. The third-order valence-corrected chi connectivity index (χ3v) is 1.48. The smallest absolute Gasteiger partial charge is 0.426 e. The lowest BCUT2D eigenvalue weighted by Gasteiger charge is -2.19. The molecule has 2 amide bonds. The van der Waals surface area contributed by atoms with E-state index in [1.54, 1.807) is 0 Å². The van der Waals surface area contributed by atoms with Crippen LogP contribution in [0.4, 0.5) is 4.79 Å². The molecule has 1 N–H and O–H groups in total. The molecule has 0 aromatic rings. The molecule has 1 heterocycles. The molecule has 0 aromatic carbocycles. The van der Waals surface area contributed by atoms with Crippen molar-refractivity contribution in [3.05, 3.63) is 0 Å². The average molecular weight is 144 g/mol. The van der Waals surface area contributed by atoms with Crippen LogP contribution < -0.4 is 0 Å². The van der Waals surface area contributed by atoms with Crippen molar-refractivity contribution in [3.8, 4) is 0 Å². The summed E-state index contributed by atoms with van der Waals surface area (Å²) < 4.78 is 0. The fourth-order valence-corrected chi connectivity index (χ4v) is 0.872. The Bertz CT molecular complexity index is 180. The number of hydrogen-bond acceptors (Lipinski definition) is 2. The Morgan fingerprint density at radius 2 is 2.30 bits per heavy atom. The van der Waals surface area contributed by atoms with E-state index in [0.29, 0.717) is 6.42 Å². The van der Waals surface area contributed by atoms with Crippen LogP contribution >= 0.6 is 0 Å². The van der Waals surface area contributed by atoms with Gasteiger partial charge in [-0.1, -0.05) is 0 Å². The van der Waals surface area contributed by atoms with Crippen molar-refractivity contribution in [1.29, 1.82) is 0 Å². The van der Waals surface area contributed by atoms with Crippen LogP contribution in [0.3, 0.4) is 0 Å². The third-order valence-electron chi connectivity index (χ3n) is 1.48. The summed E-state index contributed by atoms with van der Waals surface area (Å²) in [6.45, 7) is 0.282. The molecule has 1 aliphatic rings. The molecule has 56 valence electrons. The number of amides is 2. The Morgan fingerprint density at radius 1 is 1.70 bits per heavy atom. The van der Waals surface area contributed by atoms with E-state index in [1.807, 2.05) is 0 Å². The van der Waals surface area contributed by atoms with Gasteiger partial charge in [-0.15, -0.1) is 0 Å². The van der Waals surface area contributed by atoms with Crippen molar-refractivity contribution >= 4 is 12.0 Å². The number of nitrogens with zero attached hydrogens (tertiary/aromatic N) is 2. The van der Waals surface area contributed by atoms with Gasteiger partial charge in [0.2, 0.25) is 5.91 Å². The molecule has 0 aromatic heterocycles. The minimum absolute atomic E-state index is 0.151. The first-order chi connectivity index (χ1) is 4.63. The Balaban J connectivity index is 2.66. The van der Waals surface area contributed by atoms with Crippen molar-refractivity contribution in [1.82, 2.24) is 10.0 Å². The van der Waals surface area contributed by atoms with E-state index in [1.165, 1.54) is 7.05 Å². The van der Waals surface area contributed by atoms with Crippen LogP contribution in [0.1, 0.15) is 6.42 Å². The molecule has 10 heavy (non-hydrogen) atoms. The van der Waals surface area contributed by atoms with Gasteiger partial charge >= 0.3 is 6.09 Å². The van der Waals surface area contributed by atoms with Crippen LogP contribution in [0, 0.1) is 0 Å². The second-order valence-electron chi connectivity index (χ2n) is 2.07. The Kier molecular flexibility index (Phi) is 1.48. The normalized spacial score (nSPS) is 18.3. The molecule has 1 rings (SSSR count). The standard InChI is InChI=1S/C5H8N2O3/c1-6-4(8)2-3-7(6)5(9)10/h2-3H2,1H3,(H,9,10). The maximum atomic E-state index is 10.7. The lowest BCUT2D eigenvalue weighted by atomic mass is 10.4. The van der Waals surface area contributed by atoms with Gasteiger partial charge in [0.15, 0.2) is 0 Å². The van der Waals surface area contributed by atoms with Gasteiger partial charge in [0.1, 0.15) is 0 Å². The van der Waals surface area contributed by atoms with Crippen molar-refractivity contribution < 1.29 is 14.7 Å². The highest BCUT2D eigenvalue weighted by Gasteiger charge is 2.28. The molecule has 0 radical (unpaired) electrons. The van der Waals surface area contributed by atoms with E-state index >= 15 is 0 Å². The first-order valence-electron chi connectivity index (χ1n) is 2.90. The minimum atomic E-state index is -1.08. The first kappa shape index (κ1) is 6.85. The van der Waals surface area contributed by atoms with Gasteiger partial charge in [-0.3, -0.25) is 9.80 Å². The number of carboxylic acid groups (broad SMARTS) is 1. The Morgan fingerprint density at radius 3 is 2.50 bits per heavy atom. The Hall–Kier alpha value is -1.26. The molecule has 1 saturated heterocycles. The zero-order chi connectivity index (χ0) is 7.72. The molecule has 0 saturated carbocycles. The highest BCUT2D eigenvalue weighted by Crippen LogP contribution is 2.08. The zero-order valence-electron chi connectivity index (χ0n) is 5.57. The van der Waals surface area contributed by atoms with Crippen molar-refractivity contribution in [2.24, 2.45) is 0 Å². The van der Waals surface area contributed by atoms with Crippen molar-refractivity contribution in [3.63, 3.8) is 0 Å². The Labute approximate surface area is 57.8 Å². The van der Waals surface area contributed by atoms with Crippen LogP contribution in [-0.4, -0.2) is 40.7 Å². The number of hydrogen-bond donors (Lipinski definition) is 1. The fourth-order valence-electron chi connectivity index (χ4n) is 0.872. The first-order valence-corrected chi connectivity index (χ1v) is 2.90. The number of hydrazine groups is 1. The van der Waals surface area contributed by atoms with Crippen LogP contribution in [0.25, 0.3) is 0 Å². The molecule has 1 aliphatic heterocycles. The number of carbonyl (C=O) groups excluding carboxylic acids is 1. The van der Waals surface area contributed by atoms with E-state index in [9.17, 15) is 9.59 Å². The van der Waals surface area contributed by atoms with Gasteiger partial charge in [0, 0.05) is 13.5 Å². The summed E-state index contributed by atoms with van der Waals surface area (Å²) in [5.74, 6) is -0.151. The molecular formula is C5H8N2O3. The van der Waals surface area contributed by atoms with Crippen LogP contribution in [0.15, 0.2) is 0 Å². The molecule has 0 bridgehead atoms. The van der Waals surface area contributed by atoms with E-state index < -0.39 is 6.09 Å². The maximum Gasteiger partial charge on any atom is 0.426 e. The van der Waals surface area contributed by atoms with Gasteiger partial charge in [-0.05, 0) is 0 Å². The van der Waals surface area contributed by atoms with Crippen molar-refractivity contribution in [2.75, 3.05) is 13.6 Å². The lowest BCUT2D eigenvalue weighted by molar-refractivity contribution is -0.133. The van der Waals surface area contributed by atoms with Crippen molar-refractivity contribution in [2.45, 2.75) is 6.42 Å². The molecule has 1 fully saturated rings. The van der Waals surface area contributed by atoms with Gasteiger partial charge in [0.25, 0.3) is 0 Å². The quantitative estimate of drug-likeness (QED) is 0.509. The van der Waals surface area contributed by atoms with Gasteiger partial charge in [0.05, 0.1) is 6.54 Å². The summed E-state index contributed by atoms with van der Waals surface area (Å²) in [4.78, 5) is 21.0.